The van der Waals surface area contributed by atoms with Crippen LogP contribution in [0.3, 0.4) is 0 Å². The second kappa shape index (κ2) is 4.17. The molecule has 0 unspecified atom stereocenters. The zero-order chi connectivity index (χ0) is 11.8. The first-order chi connectivity index (χ1) is 7.53. The Morgan fingerprint density at radius 1 is 1.44 bits per heavy atom. The molecule has 16 heavy (non-hydrogen) atoms. The largest absolute Gasteiger partial charge is 0.397 e. The van der Waals surface area contributed by atoms with Crippen molar-refractivity contribution < 1.29 is 0 Å². The van der Waals surface area contributed by atoms with Crippen molar-refractivity contribution in [1.29, 1.82) is 0 Å². The van der Waals surface area contributed by atoms with Crippen LogP contribution in [0.4, 0.5) is 11.4 Å². The van der Waals surface area contributed by atoms with E-state index in [1.807, 2.05) is 18.2 Å². The number of hydrogen-bond acceptors (Lipinski definition) is 2. The average molecular weight is 239 g/mol. The molecule has 0 aliphatic heterocycles. The molecule has 0 bridgehead atoms. The molecule has 3 heteroatoms. The highest BCUT2D eigenvalue weighted by Crippen LogP contribution is 2.51. The fraction of sp³-hybridized carbons (Fsp3) is 0.538. The summed E-state index contributed by atoms with van der Waals surface area (Å²) in [5, 5.41) is 4.16. The molecule has 3 N–H and O–H groups in total. The fourth-order valence-electron chi connectivity index (χ4n) is 2.07. The van der Waals surface area contributed by atoms with Crippen molar-refractivity contribution in [2.75, 3.05) is 17.6 Å². The number of nitrogens with one attached hydrogen (secondary N) is 1. The number of rotatable bonds is 4. The molecule has 1 aromatic rings. The molecule has 0 heterocycles. The molecule has 0 spiro atoms. The van der Waals surface area contributed by atoms with E-state index >= 15 is 0 Å². The number of hydrogen-bond donors (Lipinski definition) is 2. The lowest BCUT2D eigenvalue weighted by molar-refractivity contribution is 0.380. The highest BCUT2D eigenvalue weighted by atomic mass is 35.5. The molecular weight excluding hydrogens is 220 g/mol. The Bertz CT molecular complexity index is 384. The maximum atomic E-state index is 5.95. The molecule has 2 nitrogen and oxygen atoms in total. The van der Waals surface area contributed by atoms with Crippen LogP contribution in [0, 0.1) is 11.3 Å². The summed E-state index contributed by atoms with van der Waals surface area (Å²) in [7, 11) is 0. The monoisotopic (exact) mass is 238 g/mol. The average Bonchev–Trinajstić information content (AvgIpc) is 3.00. The molecular formula is C13H19ClN2. The van der Waals surface area contributed by atoms with Gasteiger partial charge in [-0.05, 0) is 42.4 Å². The number of nitrogen functional groups attached to an aromatic ring is 1. The van der Waals surface area contributed by atoms with Crippen molar-refractivity contribution in [3.05, 3.63) is 23.2 Å². The van der Waals surface area contributed by atoms with Gasteiger partial charge in [0.15, 0.2) is 0 Å². The molecule has 1 aliphatic carbocycles. The van der Waals surface area contributed by atoms with Gasteiger partial charge in [-0.3, -0.25) is 0 Å². The van der Waals surface area contributed by atoms with Crippen LogP contribution in [0.1, 0.15) is 26.7 Å². The third kappa shape index (κ3) is 2.27. The van der Waals surface area contributed by atoms with Gasteiger partial charge in [0.05, 0.1) is 11.4 Å². The highest BCUT2D eigenvalue weighted by molar-refractivity contribution is 6.31. The standard InChI is InChI=1S/C13H19ClN2/c1-9(2)13(5-6-13)8-16-12-7-10(14)3-4-11(12)15/h3-4,7,9,16H,5-6,8,15H2,1-2H3. The van der Waals surface area contributed by atoms with Crippen LogP contribution in [0.15, 0.2) is 18.2 Å². The van der Waals surface area contributed by atoms with Gasteiger partial charge in [-0.1, -0.05) is 25.4 Å². The van der Waals surface area contributed by atoms with Crippen LogP contribution >= 0.6 is 11.6 Å². The third-order valence-electron chi connectivity index (χ3n) is 3.76. The number of anilines is 2. The van der Waals surface area contributed by atoms with Gasteiger partial charge in [-0.25, -0.2) is 0 Å². The van der Waals surface area contributed by atoms with E-state index in [1.54, 1.807) is 0 Å². The Hall–Kier alpha value is -0.890. The third-order valence-corrected chi connectivity index (χ3v) is 4.00. The first-order valence-corrected chi connectivity index (χ1v) is 6.20. The predicted molar refractivity (Wildman–Crippen MR) is 70.9 cm³/mol. The number of halogens is 1. The number of benzene rings is 1. The van der Waals surface area contributed by atoms with E-state index in [0.717, 1.165) is 28.9 Å². The molecule has 88 valence electrons. The normalized spacial score (nSPS) is 17.5. The van der Waals surface area contributed by atoms with Gasteiger partial charge in [0.1, 0.15) is 0 Å². The zero-order valence-electron chi connectivity index (χ0n) is 9.89. The topological polar surface area (TPSA) is 38.0 Å². The van der Waals surface area contributed by atoms with Crippen molar-refractivity contribution in [3.63, 3.8) is 0 Å². The predicted octanol–water partition coefficient (Wildman–Crippen LogP) is 3.77. The van der Waals surface area contributed by atoms with Gasteiger partial charge in [0.2, 0.25) is 0 Å². The van der Waals surface area contributed by atoms with Crippen molar-refractivity contribution in [1.82, 2.24) is 0 Å². The Kier molecular flexibility index (Phi) is 3.02. The lowest BCUT2D eigenvalue weighted by Gasteiger charge is -2.21. The smallest absolute Gasteiger partial charge is 0.0589 e. The zero-order valence-corrected chi connectivity index (χ0v) is 10.6. The molecule has 1 saturated carbocycles. The molecule has 0 amide bonds. The van der Waals surface area contributed by atoms with Crippen LogP contribution in [0.25, 0.3) is 0 Å². The summed E-state index contributed by atoms with van der Waals surface area (Å²) < 4.78 is 0. The van der Waals surface area contributed by atoms with Crippen molar-refractivity contribution in [3.8, 4) is 0 Å². The summed E-state index contributed by atoms with van der Waals surface area (Å²) in [5.74, 6) is 0.723. The molecule has 0 radical (unpaired) electrons. The lowest BCUT2D eigenvalue weighted by atomic mass is 9.92. The molecule has 0 atom stereocenters. The Balaban J connectivity index is 2.02. The lowest BCUT2D eigenvalue weighted by Crippen LogP contribution is -2.21. The molecule has 1 fully saturated rings. The maximum Gasteiger partial charge on any atom is 0.0589 e. The molecule has 2 rings (SSSR count). The van der Waals surface area contributed by atoms with E-state index in [4.69, 9.17) is 17.3 Å². The van der Waals surface area contributed by atoms with Crippen LogP contribution in [-0.2, 0) is 0 Å². The van der Waals surface area contributed by atoms with Gasteiger partial charge in [-0.2, -0.15) is 0 Å². The van der Waals surface area contributed by atoms with Crippen molar-refractivity contribution in [2.45, 2.75) is 26.7 Å². The Labute approximate surface area is 102 Å². The van der Waals surface area contributed by atoms with Crippen LogP contribution < -0.4 is 11.1 Å². The molecule has 0 saturated heterocycles. The van der Waals surface area contributed by atoms with Crippen LogP contribution in [0.2, 0.25) is 5.02 Å². The maximum absolute atomic E-state index is 5.95. The quantitative estimate of drug-likeness (QED) is 0.784. The van der Waals surface area contributed by atoms with E-state index in [2.05, 4.69) is 19.2 Å². The van der Waals surface area contributed by atoms with E-state index in [0.29, 0.717) is 5.41 Å². The number of nitrogens with two attached hydrogens (primary N) is 1. The van der Waals surface area contributed by atoms with Gasteiger partial charge >= 0.3 is 0 Å². The fourth-order valence-corrected chi connectivity index (χ4v) is 2.24. The first kappa shape index (κ1) is 11.6. The van der Waals surface area contributed by atoms with Gasteiger partial charge < -0.3 is 11.1 Å². The summed E-state index contributed by atoms with van der Waals surface area (Å²) in [6.07, 6.45) is 2.64. The van der Waals surface area contributed by atoms with Gasteiger partial charge in [-0.15, -0.1) is 0 Å². The molecule has 0 aromatic heterocycles. The summed E-state index contributed by atoms with van der Waals surface area (Å²) in [4.78, 5) is 0. The Morgan fingerprint density at radius 3 is 2.69 bits per heavy atom. The minimum atomic E-state index is 0.481. The van der Waals surface area contributed by atoms with E-state index in [1.165, 1.54) is 12.8 Å². The van der Waals surface area contributed by atoms with Crippen molar-refractivity contribution in [2.24, 2.45) is 11.3 Å². The molecule has 1 aromatic carbocycles. The van der Waals surface area contributed by atoms with Gasteiger partial charge in [0, 0.05) is 11.6 Å². The minimum absolute atomic E-state index is 0.481. The van der Waals surface area contributed by atoms with Crippen molar-refractivity contribution >= 4 is 23.0 Å². The minimum Gasteiger partial charge on any atom is -0.397 e. The van der Waals surface area contributed by atoms with Gasteiger partial charge in [0.25, 0.3) is 0 Å². The van der Waals surface area contributed by atoms with Crippen LogP contribution in [-0.4, -0.2) is 6.54 Å². The second-order valence-electron chi connectivity index (χ2n) is 5.10. The molecule has 1 aliphatic rings. The summed E-state index contributed by atoms with van der Waals surface area (Å²) >= 11 is 5.95. The highest BCUT2D eigenvalue weighted by Gasteiger charge is 2.44. The summed E-state index contributed by atoms with van der Waals surface area (Å²) in [6.45, 7) is 5.57. The van der Waals surface area contributed by atoms with E-state index < -0.39 is 0 Å². The first-order valence-electron chi connectivity index (χ1n) is 5.82. The van der Waals surface area contributed by atoms with E-state index in [9.17, 15) is 0 Å². The Morgan fingerprint density at radius 2 is 2.12 bits per heavy atom. The SMILES string of the molecule is CC(C)C1(CNc2cc(Cl)ccc2N)CC1. The summed E-state index contributed by atoms with van der Waals surface area (Å²) in [5.41, 5.74) is 8.10. The van der Waals surface area contributed by atoms with E-state index in [-0.39, 0.29) is 0 Å². The van der Waals surface area contributed by atoms with Crippen LogP contribution in [0.5, 0.6) is 0 Å². The second-order valence-corrected chi connectivity index (χ2v) is 5.54. The summed E-state index contributed by atoms with van der Waals surface area (Å²) in [6, 6.07) is 5.56.